The molecule has 19 heavy (non-hydrogen) atoms. The number of hydrogen-bond donors (Lipinski definition) is 0. The quantitative estimate of drug-likeness (QED) is 0.778. The Morgan fingerprint density at radius 2 is 1.95 bits per heavy atom. The third kappa shape index (κ3) is 3.85. The van der Waals surface area contributed by atoms with E-state index < -0.39 is 18.2 Å². The minimum atomic E-state index is -3.10. The van der Waals surface area contributed by atoms with Crippen molar-refractivity contribution in [1.29, 1.82) is 0 Å². The van der Waals surface area contributed by atoms with E-state index in [0.717, 1.165) is 12.1 Å². The van der Waals surface area contributed by atoms with Crippen molar-refractivity contribution in [1.82, 2.24) is 4.98 Å². The average molecular weight is 334 g/mol. The van der Waals surface area contributed by atoms with Gasteiger partial charge in [-0.2, -0.15) is 8.78 Å². The summed E-state index contributed by atoms with van der Waals surface area (Å²) < 4.78 is 47.2. The van der Waals surface area contributed by atoms with Gasteiger partial charge in [-0.1, -0.05) is 6.07 Å². The molecule has 0 aliphatic carbocycles. The van der Waals surface area contributed by atoms with Crippen LogP contribution < -0.4 is 9.47 Å². The first kappa shape index (κ1) is 13.7. The lowest BCUT2D eigenvalue weighted by Gasteiger charge is -2.09. The molecule has 3 nitrogen and oxygen atoms in total. The van der Waals surface area contributed by atoms with Crippen molar-refractivity contribution in [2.75, 3.05) is 0 Å². The molecule has 0 amide bonds. The molecular weight excluding hydrogens is 327 g/mol. The van der Waals surface area contributed by atoms with Gasteiger partial charge < -0.3 is 9.47 Å². The Morgan fingerprint density at radius 3 is 2.63 bits per heavy atom. The fourth-order valence-electron chi connectivity index (χ4n) is 1.30. The molecule has 0 unspecified atom stereocenters. The summed E-state index contributed by atoms with van der Waals surface area (Å²) in [5, 5.41) is 0. The van der Waals surface area contributed by atoms with Gasteiger partial charge in [-0.25, -0.2) is 9.37 Å². The molecule has 0 aliphatic rings. The molecule has 0 spiro atoms. The smallest absolute Gasteiger partial charge is 0.387 e. The summed E-state index contributed by atoms with van der Waals surface area (Å²) in [5.74, 6) is -1.09. The molecule has 0 radical (unpaired) electrons. The molecule has 1 aromatic heterocycles. The number of pyridine rings is 1. The zero-order valence-electron chi connectivity index (χ0n) is 9.32. The minimum absolute atomic E-state index is 0.141. The molecule has 2 rings (SSSR count). The standard InChI is InChI=1S/C12H7BrF3NO2/c13-10-2-1-3-11(17-10)18-7-4-5-8(14)9(6-7)19-12(15)16/h1-6,12H. The highest BCUT2D eigenvalue weighted by Gasteiger charge is 2.11. The van der Waals surface area contributed by atoms with Crippen molar-refractivity contribution < 1.29 is 22.6 Å². The van der Waals surface area contributed by atoms with E-state index in [1.807, 2.05) is 0 Å². The van der Waals surface area contributed by atoms with Crippen molar-refractivity contribution in [3.8, 4) is 17.4 Å². The lowest BCUT2D eigenvalue weighted by Crippen LogP contribution is -2.03. The monoisotopic (exact) mass is 333 g/mol. The highest BCUT2D eigenvalue weighted by Crippen LogP contribution is 2.28. The van der Waals surface area contributed by atoms with E-state index in [0.29, 0.717) is 4.60 Å². The van der Waals surface area contributed by atoms with E-state index in [4.69, 9.17) is 4.74 Å². The Hall–Kier alpha value is -1.76. The van der Waals surface area contributed by atoms with Crippen molar-refractivity contribution in [2.45, 2.75) is 6.61 Å². The van der Waals surface area contributed by atoms with E-state index in [9.17, 15) is 13.2 Å². The fourth-order valence-corrected chi connectivity index (χ4v) is 1.63. The predicted octanol–water partition coefficient (Wildman–Crippen LogP) is 4.38. The number of halogens is 4. The van der Waals surface area contributed by atoms with Crippen LogP contribution >= 0.6 is 15.9 Å². The Morgan fingerprint density at radius 1 is 1.16 bits per heavy atom. The summed E-state index contributed by atoms with van der Waals surface area (Å²) >= 11 is 3.16. The first-order valence-electron chi connectivity index (χ1n) is 5.09. The third-order valence-electron chi connectivity index (χ3n) is 2.03. The second-order valence-electron chi connectivity index (χ2n) is 3.37. The highest BCUT2D eigenvalue weighted by atomic mass is 79.9. The van der Waals surface area contributed by atoms with Gasteiger partial charge in [0.15, 0.2) is 11.6 Å². The highest BCUT2D eigenvalue weighted by molar-refractivity contribution is 9.10. The minimum Gasteiger partial charge on any atom is -0.439 e. The summed E-state index contributed by atoms with van der Waals surface area (Å²) in [4.78, 5) is 3.99. The number of ether oxygens (including phenoxy) is 2. The SMILES string of the molecule is Fc1ccc(Oc2cccc(Br)n2)cc1OC(F)F. The number of alkyl halides is 2. The zero-order valence-corrected chi connectivity index (χ0v) is 10.9. The molecule has 0 atom stereocenters. The Kier molecular flexibility index (Phi) is 4.26. The number of rotatable bonds is 4. The maximum Gasteiger partial charge on any atom is 0.387 e. The number of benzene rings is 1. The normalized spacial score (nSPS) is 10.6. The maximum absolute atomic E-state index is 13.2. The van der Waals surface area contributed by atoms with Crippen LogP contribution in [0.4, 0.5) is 13.2 Å². The van der Waals surface area contributed by atoms with E-state index in [1.165, 1.54) is 6.07 Å². The Bertz CT molecular complexity index is 581. The average Bonchev–Trinajstić information content (AvgIpc) is 2.33. The van der Waals surface area contributed by atoms with Gasteiger partial charge >= 0.3 is 6.61 Å². The molecule has 100 valence electrons. The molecule has 0 saturated heterocycles. The van der Waals surface area contributed by atoms with Gasteiger partial charge in [0.2, 0.25) is 5.88 Å². The van der Waals surface area contributed by atoms with Crippen LogP contribution in [0.5, 0.6) is 17.4 Å². The van der Waals surface area contributed by atoms with Crippen LogP contribution in [0.1, 0.15) is 0 Å². The van der Waals surface area contributed by atoms with Crippen LogP contribution in [0.15, 0.2) is 41.0 Å². The van der Waals surface area contributed by atoms with Gasteiger partial charge in [0.05, 0.1) is 0 Å². The van der Waals surface area contributed by atoms with E-state index in [-0.39, 0.29) is 11.6 Å². The fraction of sp³-hybridized carbons (Fsp3) is 0.0833. The van der Waals surface area contributed by atoms with Crippen LogP contribution in [0.25, 0.3) is 0 Å². The van der Waals surface area contributed by atoms with Gasteiger partial charge in [0, 0.05) is 12.1 Å². The lowest BCUT2D eigenvalue weighted by atomic mass is 10.3. The molecule has 1 aromatic carbocycles. The molecule has 0 aliphatic heterocycles. The van der Waals surface area contributed by atoms with Gasteiger partial charge in [-0.3, -0.25) is 0 Å². The number of hydrogen-bond acceptors (Lipinski definition) is 3. The largest absolute Gasteiger partial charge is 0.439 e. The van der Waals surface area contributed by atoms with Gasteiger partial charge in [-0.15, -0.1) is 0 Å². The first-order valence-corrected chi connectivity index (χ1v) is 5.88. The molecule has 0 fully saturated rings. The molecule has 1 heterocycles. The molecule has 0 bridgehead atoms. The summed E-state index contributed by atoms with van der Waals surface area (Å²) in [6, 6.07) is 8.25. The van der Waals surface area contributed by atoms with Crippen LogP contribution in [-0.4, -0.2) is 11.6 Å². The van der Waals surface area contributed by atoms with Crippen LogP contribution in [0, 0.1) is 5.82 Å². The predicted molar refractivity (Wildman–Crippen MR) is 65.0 cm³/mol. The van der Waals surface area contributed by atoms with Crippen LogP contribution in [-0.2, 0) is 0 Å². The van der Waals surface area contributed by atoms with Crippen molar-refractivity contribution >= 4 is 15.9 Å². The Labute approximate surface area is 115 Å². The van der Waals surface area contributed by atoms with Gasteiger partial charge in [0.1, 0.15) is 10.4 Å². The lowest BCUT2D eigenvalue weighted by molar-refractivity contribution is -0.0522. The molecular formula is C12H7BrF3NO2. The summed E-state index contributed by atoms with van der Waals surface area (Å²) in [6.07, 6.45) is 0. The number of nitrogens with zero attached hydrogens (tertiary/aromatic N) is 1. The third-order valence-corrected chi connectivity index (χ3v) is 2.47. The van der Waals surface area contributed by atoms with Crippen molar-refractivity contribution in [3.63, 3.8) is 0 Å². The topological polar surface area (TPSA) is 31.4 Å². The molecule has 0 saturated carbocycles. The van der Waals surface area contributed by atoms with Crippen LogP contribution in [0.3, 0.4) is 0 Å². The first-order chi connectivity index (χ1) is 9.04. The van der Waals surface area contributed by atoms with Crippen molar-refractivity contribution in [3.05, 3.63) is 46.8 Å². The van der Waals surface area contributed by atoms with E-state index in [1.54, 1.807) is 18.2 Å². The second-order valence-corrected chi connectivity index (χ2v) is 4.18. The molecule has 7 heteroatoms. The van der Waals surface area contributed by atoms with E-state index >= 15 is 0 Å². The Balaban J connectivity index is 2.21. The van der Waals surface area contributed by atoms with Gasteiger partial charge in [-0.05, 0) is 34.1 Å². The molecule has 0 N–H and O–H groups in total. The van der Waals surface area contributed by atoms with E-state index in [2.05, 4.69) is 25.7 Å². The second kappa shape index (κ2) is 5.92. The summed E-state index contributed by atoms with van der Waals surface area (Å²) in [5.41, 5.74) is 0. The summed E-state index contributed by atoms with van der Waals surface area (Å²) in [6.45, 7) is -3.10. The maximum atomic E-state index is 13.2. The van der Waals surface area contributed by atoms with Crippen molar-refractivity contribution in [2.24, 2.45) is 0 Å². The summed E-state index contributed by atoms with van der Waals surface area (Å²) in [7, 11) is 0. The zero-order chi connectivity index (χ0) is 13.8. The van der Waals surface area contributed by atoms with Gasteiger partial charge in [0.25, 0.3) is 0 Å². The van der Waals surface area contributed by atoms with Crippen LogP contribution in [0.2, 0.25) is 0 Å². The number of aromatic nitrogens is 1. The molecule has 2 aromatic rings.